The van der Waals surface area contributed by atoms with Crippen LogP contribution in [0.1, 0.15) is 0 Å². The van der Waals surface area contributed by atoms with E-state index < -0.39 is 0 Å². The zero-order chi connectivity index (χ0) is 9.26. The quantitative estimate of drug-likeness (QED) is 0.426. The lowest BCUT2D eigenvalue weighted by molar-refractivity contribution is -0.113. The maximum absolute atomic E-state index is 11.0. The van der Waals surface area contributed by atoms with Crippen molar-refractivity contribution >= 4 is 29.2 Å². The Morgan fingerprint density at radius 3 is 3.23 bits per heavy atom. The molecular formula is C6H7N5OS. The maximum Gasteiger partial charge on any atom is 0.234 e. The van der Waals surface area contributed by atoms with Gasteiger partial charge in [0.1, 0.15) is 5.03 Å². The van der Waals surface area contributed by atoms with Gasteiger partial charge in [-0.3, -0.25) is 4.79 Å². The van der Waals surface area contributed by atoms with Gasteiger partial charge in [-0.15, -0.1) is 10.2 Å². The number of nitrogen functional groups attached to an aromatic ring is 1. The molecule has 1 aromatic heterocycles. The van der Waals surface area contributed by atoms with Gasteiger partial charge in [0, 0.05) is 6.07 Å². The number of carbonyl (C=O) groups is 1. The average Bonchev–Trinajstić information content (AvgIpc) is 2.16. The molecule has 6 nitrogen and oxygen atoms in total. The third kappa shape index (κ3) is 1.56. The summed E-state index contributed by atoms with van der Waals surface area (Å²) in [6.07, 6.45) is 0. The summed E-state index contributed by atoms with van der Waals surface area (Å²) >= 11 is 1.36. The summed E-state index contributed by atoms with van der Waals surface area (Å²) < 4.78 is 0. The van der Waals surface area contributed by atoms with Crippen LogP contribution in [-0.4, -0.2) is 21.9 Å². The van der Waals surface area contributed by atoms with E-state index in [0.29, 0.717) is 17.3 Å². The number of carbonyl (C=O) groups excluding carboxylic acids is 1. The number of rotatable bonds is 1. The molecule has 1 aromatic rings. The maximum atomic E-state index is 11.0. The highest BCUT2D eigenvalue weighted by Gasteiger charge is 2.17. The first kappa shape index (κ1) is 8.27. The number of hydrazine groups is 1. The second-order valence-electron chi connectivity index (χ2n) is 2.43. The number of fused-ring (bicyclic) bond motifs is 1. The van der Waals surface area contributed by atoms with Crippen LogP contribution in [0.25, 0.3) is 0 Å². The molecule has 0 atom stereocenters. The first-order valence-corrected chi connectivity index (χ1v) is 4.55. The molecule has 0 bridgehead atoms. The van der Waals surface area contributed by atoms with E-state index in [4.69, 9.17) is 5.84 Å². The van der Waals surface area contributed by atoms with Crippen LogP contribution >= 0.6 is 11.8 Å². The SMILES string of the molecule is NNc1cc2c(nn1)SCC(=O)N2. The molecule has 0 saturated heterocycles. The summed E-state index contributed by atoms with van der Waals surface area (Å²) in [7, 11) is 0. The van der Waals surface area contributed by atoms with Crippen LogP contribution in [0.15, 0.2) is 11.1 Å². The average molecular weight is 197 g/mol. The fourth-order valence-electron chi connectivity index (χ4n) is 0.967. The van der Waals surface area contributed by atoms with Gasteiger partial charge in [-0.25, -0.2) is 5.84 Å². The van der Waals surface area contributed by atoms with E-state index in [1.807, 2.05) is 0 Å². The van der Waals surface area contributed by atoms with Gasteiger partial charge < -0.3 is 10.7 Å². The highest BCUT2D eigenvalue weighted by Crippen LogP contribution is 2.29. The van der Waals surface area contributed by atoms with Gasteiger partial charge in [0.15, 0.2) is 5.82 Å². The highest BCUT2D eigenvalue weighted by molar-refractivity contribution is 8.00. The molecule has 1 aliphatic rings. The molecule has 0 saturated carbocycles. The standard InChI is InChI=1S/C6H7N5OS/c7-9-4-1-3-6(11-10-4)13-2-5(12)8-3/h1H,2,7H2,(H,8,12)(H,9,10). The number of hydrogen-bond acceptors (Lipinski definition) is 6. The van der Waals surface area contributed by atoms with Crippen LogP contribution in [0, 0.1) is 0 Å². The van der Waals surface area contributed by atoms with Crippen molar-refractivity contribution < 1.29 is 4.79 Å². The Hall–Kier alpha value is -1.34. The van der Waals surface area contributed by atoms with Crippen LogP contribution in [0.3, 0.4) is 0 Å². The molecule has 0 radical (unpaired) electrons. The van der Waals surface area contributed by atoms with Crippen molar-refractivity contribution in [1.82, 2.24) is 10.2 Å². The molecule has 4 N–H and O–H groups in total. The van der Waals surface area contributed by atoms with E-state index in [1.54, 1.807) is 6.07 Å². The largest absolute Gasteiger partial charge is 0.323 e. The lowest BCUT2D eigenvalue weighted by Gasteiger charge is -2.14. The van der Waals surface area contributed by atoms with Crippen LogP contribution in [-0.2, 0) is 4.79 Å². The molecule has 68 valence electrons. The molecule has 13 heavy (non-hydrogen) atoms. The van der Waals surface area contributed by atoms with E-state index in [-0.39, 0.29) is 5.91 Å². The number of nitrogens with zero attached hydrogens (tertiary/aromatic N) is 2. The predicted molar refractivity (Wildman–Crippen MR) is 49.2 cm³/mol. The summed E-state index contributed by atoms with van der Waals surface area (Å²) in [5, 5.41) is 11.1. The number of thioether (sulfide) groups is 1. The first-order chi connectivity index (χ1) is 6.29. The predicted octanol–water partition coefficient (Wildman–Crippen LogP) is -0.194. The molecule has 0 fully saturated rings. The number of aromatic nitrogens is 2. The van der Waals surface area contributed by atoms with E-state index in [2.05, 4.69) is 20.9 Å². The Kier molecular flexibility index (Phi) is 2.03. The van der Waals surface area contributed by atoms with Gasteiger partial charge >= 0.3 is 0 Å². The lowest BCUT2D eigenvalue weighted by Crippen LogP contribution is -2.20. The van der Waals surface area contributed by atoms with Crippen molar-refractivity contribution in [2.75, 3.05) is 16.5 Å². The van der Waals surface area contributed by atoms with Crippen LogP contribution in [0.4, 0.5) is 11.5 Å². The van der Waals surface area contributed by atoms with Crippen molar-refractivity contribution in [2.45, 2.75) is 5.03 Å². The molecule has 0 aliphatic carbocycles. The molecule has 0 aromatic carbocycles. The molecule has 7 heteroatoms. The second kappa shape index (κ2) is 3.19. The smallest absolute Gasteiger partial charge is 0.234 e. The molecule has 2 rings (SSSR count). The Bertz CT molecular complexity index is 355. The van der Waals surface area contributed by atoms with Crippen molar-refractivity contribution in [3.05, 3.63) is 6.07 Å². The Balaban J connectivity index is 2.38. The monoisotopic (exact) mass is 197 g/mol. The number of amides is 1. The topological polar surface area (TPSA) is 92.9 Å². The first-order valence-electron chi connectivity index (χ1n) is 3.56. The fraction of sp³-hybridized carbons (Fsp3) is 0.167. The minimum Gasteiger partial charge on any atom is -0.323 e. The van der Waals surface area contributed by atoms with Gasteiger partial charge in [0.25, 0.3) is 0 Å². The van der Waals surface area contributed by atoms with Crippen LogP contribution in [0.2, 0.25) is 0 Å². The third-order valence-corrected chi connectivity index (χ3v) is 2.50. The Morgan fingerprint density at radius 2 is 2.46 bits per heavy atom. The van der Waals surface area contributed by atoms with E-state index in [1.165, 1.54) is 11.8 Å². The lowest BCUT2D eigenvalue weighted by atomic mass is 10.4. The Morgan fingerprint density at radius 1 is 1.62 bits per heavy atom. The molecule has 1 aliphatic heterocycles. The molecule has 0 unspecified atom stereocenters. The summed E-state index contributed by atoms with van der Waals surface area (Å²) in [5.41, 5.74) is 3.01. The van der Waals surface area contributed by atoms with Crippen molar-refractivity contribution in [3.8, 4) is 0 Å². The van der Waals surface area contributed by atoms with Gasteiger partial charge in [-0.1, -0.05) is 11.8 Å². The fourth-order valence-corrected chi connectivity index (χ4v) is 1.67. The minimum atomic E-state index is -0.0338. The zero-order valence-corrected chi connectivity index (χ0v) is 7.39. The molecular weight excluding hydrogens is 190 g/mol. The van der Waals surface area contributed by atoms with E-state index in [0.717, 1.165) is 5.03 Å². The summed E-state index contributed by atoms with van der Waals surface area (Å²) in [5.74, 6) is 5.93. The summed E-state index contributed by atoms with van der Waals surface area (Å²) in [6.45, 7) is 0. The molecule has 2 heterocycles. The normalized spacial score (nSPS) is 14.7. The number of anilines is 2. The van der Waals surface area contributed by atoms with Gasteiger partial charge in [0.2, 0.25) is 5.91 Å². The van der Waals surface area contributed by atoms with E-state index >= 15 is 0 Å². The second-order valence-corrected chi connectivity index (χ2v) is 3.39. The number of nitrogens with one attached hydrogen (secondary N) is 2. The zero-order valence-electron chi connectivity index (χ0n) is 6.57. The van der Waals surface area contributed by atoms with Crippen LogP contribution in [0.5, 0.6) is 0 Å². The van der Waals surface area contributed by atoms with Crippen molar-refractivity contribution in [1.29, 1.82) is 0 Å². The van der Waals surface area contributed by atoms with Crippen molar-refractivity contribution in [2.24, 2.45) is 5.84 Å². The minimum absolute atomic E-state index is 0.0338. The van der Waals surface area contributed by atoms with Crippen molar-refractivity contribution in [3.63, 3.8) is 0 Å². The summed E-state index contributed by atoms with van der Waals surface area (Å²) in [6, 6.07) is 1.65. The molecule has 0 spiro atoms. The third-order valence-electron chi connectivity index (χ3n) is 1.52. The number of nitrogens with two attached hydrogens (primary N) is 1. The highest BCUT2D eigenvalue weighted by atomic mass is 32.2. The van der Waals surface area contributed by atoms with Gasteiger partial charge in [-0.2, -0.15) is 0 Å². The van der Waals surface area contributed by atoms with E-state index in [9.17, 15) is 4.79 Å². The van der Waals surface area contributed by atoms with Gasteiger partial charge in [0.05, 0.1) is 11.4 Å². The van der Waals surface area contributed by atoms with Crippen LogP contribution < -0.4 is 16.6 Å². The number of hydrogen-bond donors (Lipinski definition) is 3. The summed E-state index contributed by atoms with van der Waals surface area (Å²) in [4.78, 5) is 11.0. The van der Waals surface area contributed by atoms with Gasteiger partial charge in [-0.05, 0) is 0 Å². The Labute approximate surface area is 78.3 Å². The molecule has 1 amide bonds.